The SMILES string of the molecule is CCC[C@@H](NC(=O)CSc1nnc(-c2ccncc2)n1C1CC1)c1ccccc1. The zero-order valence-corrected chi connectivity index (χ0v) is 17.3. The molecule has 0 unspecified atom stereocenters. The van der Waals surface area contributed by atoms with Gasteiger partial charge in [0.1, 0.15) is 0 Å². The van der Waals surface area contributed by atoms with Crippen molar-refractivity contribution in [3.05, 3.63) is 60.4 Å². The van der Waals surface area contributed by atoms with Crippen LogP contribution in [0.1, 0.15) is 50.3 Å². The Kier molecular flexibility index (Phi) is 6.24. The van der Waals surface area contributed by atoms with Gasteiger partial charge in [-0.15, -0.1) is 10.2 Å². The van der Waals surface area contributed by atoms with Crippen LogP contribution < -0.4 is 5.32 Å². The van der Waals surface area contributed by atoms with Crippen LogP contribution in [0.25, 0.3) is 11.4 Å². The largest absolute Gasteiger partial charge is 0.349 e. The van der Waals surface area contributed by atoms with Gasteiger partial charge in [-0.1, -0.05) is 55.4 Å². The summed E-state index contributed by atoms with van der Waals surface area (Å²) in [4.78, 5) is 16.7. The van der Waals surface area contributed by atoms with E-state index in [1.165, 1.54) is 11.8 Å². The Morgan fingerprint density at radius 1 is 1.17 bits per heavy atom. The molecule has 0 aliphatic heterocycles. The lowest BCUT2D eigenvalue weighted by Crippen LogP contribution is -2.30. The van der Waals surface area contributed by atoms with Crippen LogP contribution in [0.15, 0.2) is 60.0 Å². The van der Waals surface area contributed by atoms with E-state index < -0.39 is 0 Å². The van der Waals surface area contributed by atoms with Crippen molar-refractivity contribution in [2.45, 2.75) is 49.8 Å². The Morgan fingerprint density at radius 2 is 1.93 bits per heavy atom. The van der Waals surface area contributed by atoms with Crippen LogP contribution in [0.2, 0.25) is 0 Å². The molecule has 2 heterocycles. The van der Waals surface area contributed by atoms with E-state index in [9.17, 15) is 4.79 Å². The maximum absolute atomic E-state index is 12.7. The number of benzene rings is 1. The first-order chi connectivity index (χ1) is 14.3. The standard InChI is InChI=1S/C22H25N5OS/c1-2-6-19(16-7-4-3-5-8-16)24-20(28)15-29-22-26-25-21(27(22)18-9-10-18)17-11-13-23-14-12-17/h3-5,7-8,11-14,18-19H,2,6,9-10,15H2,1H3,(H,24,28)/t19-/m1/s1. The summed E-state index contributed by atoms with van der Waals surface area (Å²) in [6.07, 6.45) is 7.71. The molecule has 2 aromatic heterocycles. The first-order valence-corrected chi connectivity index (χ1v) is 11.1. The van der Waals surface area contributed by atoms with Gasteiger partial charge in [-0.2, -0.15) is 0 Å². The van der Waals surface area contributed by atoms with E-state index in [1.807, 2.05) is 30.3 Å². The molecule has 150 valence electrons. The van der Waals surface area contributed by atoms with Crippen molar-refractivity contribution in [3.8, 4) is 11.4 Å². The Bertz CT molecular complexity index is 940. The molecule has 1 aromatic carbocycles. The summed E-state index contributed by atoms with van der Waals surface area (Å²) in [5.74, 6) is 1.20. The van der Waals surface area contributed by atoms with E-state index in [0.29, 0.717) is 11.8 Å². The van der Waals surface area contributed by atoms with Crippen LogP contribution in [0.4, 0.5) is 0 Å². The number of hydrogen-bond donors (Lipinski definition) is 1. The minimum absolute atomic E-state index is 0.0214. The number of carbonyl (C=O) groups excluding carboxylic acids is 1. The van der Waals surface area contributed by atoms with Crippen molar-refractivity contribution in [3.63, 3.8) is 0 Å². The molecule has 1 fully saturated rings. The summed E-state index contributed by atoms with van der Waals surface area (Å²) in [5, 5.41) is 12.8. The summed E-state index contributed by atoms with van der Waals surface area (Å²) in [6, 6.07) is 14.5. The monoisotopic (exact) mass is 407 g/mol. The smallest absolute Gasteiger partial charge is 0.230 e. The summed E-state index contributed by atoms with van der Waals surface area (Å²) in [5.41, 5.74) is 2.15. The molecule has 0 saturated heterocycles. The van der Waals surface area contributed by atoms with Crippen molar-refractivity contribution in [1.82, 2.24) is 25.1 Å². The van der Waals surface area contributed by atoms with Crippen LogP contribution in [0, 0.1) is 0 Å². The molecule has 7 heteroatoms. The Hall–Kier alpha value is -2.67. The molecule has 1 aliphatic carbocycles. The Labute approximate surface area is 175 Å². The molecule has 1 aliphatic rings. The van der Waals surface area contributed by atoms with Crippen molar-refractivity contribution in [2.24, 2.45) is 0 Å². The molecule has 4 rings (SSSR count). The predicted octanol–water partition coefficient (Wildman–Crippen LogP) is 4.42. The Morgan fingerprint density at radius 3 is 2.62 bits per heavy atom. The van der Waals surface area contributed by atoms with Gasteiger partial charge < -0.3 is 5.32 Å². The number of nitrogens with zero attached hydrogens (tertiary/aromatic N) is 4. The number of hydrogen-bond acceptors (Lipinski definition) is 5. The van der Waals surface area contributed by atoms with E-state index in [4.69, 9.17) is 0 Å². The van der Waals surface area contributed by atoms with Crippen LogP contribution >= 0.6 is 11.8 Å². The normalized spacial score (nSPS) is 14.5. The molecular formula is C22H25N5OS. The van der Waals surface area contributed by atoms with Crippen molar-refractivity contribution < 1.29 is 4.79 Å². The number of aromatic nitrogens is 4. The molecule has 0 spiro atoms. The third-order valence-electron chi connectivity index (χ3n) is 4.96. The van der Waals surface area contributed by atoms with E-state index in [2.05, 4.69) is 44.1 Å². The fourth-order valence-electron chi connectivity index (χ4n) is 3.40. The van der Waals surface area contributed by atoms with Gasteiger partial charge in [0.05, 0.1) is 11.8 Å². The third kappa shape index (κ3) is 4.85. The summed E-state index contributed by atoms with van der Waals surface area (Å²) >= 11 is 1.46. The van der Waals surface area contributed by atoms with Crippen molar-refractivity contribution >= 4 is 17.7 Å². The molecular weight excluding hydrogens is 382 g/mol. The molecule has 3 aromatic rings. The third-order valence-corrected chi connectivity index (χ3v) is 5.91. The van der Waals surface area contributed by atoms with Gasteiger partial charge in [-0.3, -0.25) is 14.3 Å². The highest BCUT2D eigenvalue weighted by Crippen LogP contribution is 2.40. The number of nitrogens with one attached hydrogen (secondary N) is 1. The average Bonchev–Trinajstić information content (AvgIpc) is 3.52. The fourth-order valence-corrected chi connectivity index (χ4v) is 4.21. The van der Waals surface area contributed by atoms with Gasteiger partial charge in [0, 0.05) is 24.0 Å². The Balaban J connectivity index is 1.43. The van der Waals surface area contributed by atoms with Gasteiger partial charge in [0.15, 0.2) is 11.0 Å². The summed E-state index contributed by atoms with van der Waals surface area (Å²) in [6.45, 7) is 2.13. The van der Waals surface area contributed by atoms with E-state index in [-0.39, 0.29) is 11.9 Å². The molecule has 0 radical (unpaired) electrons. The van der Waals surface area contributed by atoms with Gasteiger partial charge >= 0.3 is 0 Å². The molecule has 1 amide bonds. The first kappa shape index (κ1) is 19.6. The molecule has 1 saturated carbocycles. The van der Waals surface area contributed by atoms with Crippen molar-refractivity contribution in [2.75, 3.05) is 5.75 Å². The highest BCUT2D eigenvalue weighted by molar-refractivity contribution is 7.99. The number of amides is 1. The van der Waals surface area contributed by atoms with Crippen molar-refractivity contribution in [1.29, 1.82) is 0 Å². The van der Waals surface area contributed by atoms with Gasteiger partial charge in [-0.25, -0.2) is 0 Å². The zero-order chi connectivity index (χ0) is 20.1. The highest BCUT2D eigenvalue weighted by atomic mass is 32.2. The molecule has 6 nitrogen and oxygen atoms in total. The lowest BCUT2D eigenvalue weighted by molar-refractivity contribution is -0.119. The van der Waals surface area contributed by atoms with Crippen LogP contribution in [-0.4, -0.2) is 31.4 Å². The van der Waals surface area contributed by atoms with E-state index >= 15 is 0 Å². The highest BCUT2D eigenvalue weighted by Gasteiger charge is 2.30. The topological polar surface area (TPSA) is 72.7 Å². The molecule has 1 atom stereocenters. The molecule has 0 bridgehead atoms. The lowest BCUT2D eigenvalue weighted by Gasteiger charge is -2.18. The number of rotatable bonds is 9. The maximum Gasteiger partial charge on any atom is 0.230 e. The van der Waals surface area contributed by atoms with E-state index in [1.54, 1.807) is 12.4 Å². The number of pyridine rings is 1. The van der Waals surface area contributed by atoms with E-state index in [0.717, 1.165) is 47.8 Å². The van der Waals surface area contributed by atoms with Crippen LogP contribution in [-0.2, 0) is 4.79 Å². The number of thioether (sulfide) groups is 1. The van der Waals surface area contributed by atoms with Gasteiger partial charge in [0.2, 0.25) is 5.91 Å². The second-order valence-corrected chi connectivity index (χ2v) is 8.19. The van der Waals surface area contributed by atoms with Crippen LogP contribution in [0.3, 0.4) is 0 Å². The summed E-state index contributed by atoms with van der Waals surface area (Å²) < 4.78 is 2.17. The molecule has 29 heavy (non-hydrogen) atoms. The second-order valence-electron chi connectivity index (χ2n) is 7.25. The minimum Gasteiger partial charge on any atom is -0.349 e. The first-order valence-electron chi connectivity index (χ1n) is 10.1. The zero-order valence-electron chi connectivity index (χ0n) is 16.5. The van der Waals surface area contributed by atoms with Gasteiger partial charge in [0.25, 0.3) is 0 Å². The lowest BCUT2D eigenvalue weighted by atomic mass is 10.0. The predicted molar refractivity (Wildman–Crippen MR) is 114 cm³/mol. The van der Waals surface area contributed by atoms with Gasteiger partial charge in [-0.05, 0) is 37.0 Å². The molecule has 1 N–H and O–H groups in total. The van der Waals surface area contributed by atoms with Crippen LogP contribution in [0.5, 0.6) is 0 Å². The number of carbonyl (C=O) groups is 1. The minimum atomic E-state index is 0.0214. The fraction of sp³-hybridized carbons (Fsp3) is 0.364. The average molecular weight is 408 g/mol. The quantitative estimate of drug-likeness (QED) is 0.532. The summed E-state index contributed by atoms with van der Waals surface area (Å²) in [7, 11) is 0. The second kappa shape index (κ2) is 9.22. The maximum atomic E-state index is 12.7.